The van der Waals surface area contributed by atoms with Gasteiger partial charge in [-0.25, -0.2) is 0 Å². The van der Waals surface area contributed by atoms with Gasteiger partial charge in [-0.1, -0.05) is 6.07 Å². The third-order valence-corrected chi connectivity index (χ3v) is 2.09. The highest BCUT2D eigenvalue weighted by Crippen LogP contribution is 2.22. The lowest BCUT2D eigenvalue weighted by atomic mass is 10.1. The molecule has 0 atom stereocenters. The molecule has 1 aromatic carbocycles. The van der Waals surface area contributed by atoms with Crippen molar-refractivity contribution in [1.82, 2.24) is 5.32 Å². The van der Waals surface area contributed by atoms with Crippen LogP contribution in [0.25, 0.3) is 0 Å². The predicted octanol–water partition coefficient (Wildman–Crippen LogP) is 1.04. The van der Waals surface area contributed by atoms with Gasteiger partial charge < -0.3 is 10.1 Å². The average molecular weight is 174 g/mol. The number of nitriles is 1. The number of hydrogen-bond donors (Lipinski definition) is 1. The van der Waals surface area contributed by atoms with Crippen molar-refractivity contribution in [3.63, 3.8) is 0 Å². The number of ether oxygens (including phenoxy) is 1. The van der Waals surface area contributed by atoms with Crippen LogP contribution in [0.3, 0.4) is 0 Å². The molecule has 0 fully saturated rings. The van der Waals surface area contributed by atoms with Gasteiger partial charge in [-0.15, -0.1) is 0 Å². The average Bonchev–Trinajstić information content (AvgIpc) is 2.41. The van der Waals surface area contributed by atoms with Gasteiger partial charge in [-0.3, -0.25) is 0 Å². The second-order valence-electron chi connectivity index (χ2n) is 2.92. The molecular weight excluding hydrogens is 164 g/mol. The molecule has 0 unspecified atom stereocenters. The summed E-state index contributed by atoms with van der Waals surface area (Å²) in [6.07, 6.45) is 0. The molecule has 0 aromatic heterocycles. The molecule has 1 aliphatic rings. The quantitative estimate of drug-likeness (QED) is 0.639. The van der Waals surface area contributed by atoms with Crippen LogP contribution in [-0.2, 0) is 6.54 Å². The molecule has 1 N–H and O–H groups in total. The van der Waals surface area contributed by atoms with Gasteiger partial charge in [0.25, 0.3) is 0 Å². The first kappa shape index (κ1) is 8.09. The van der Waals surface area contributed by atoms with E-state index >= 15 is 0 Å². The highest BCUT2D eigenvalue weighted by Gasteiger charge is 2.11. The van der Waals surface area contributed by atoms with Gasteiger partial charge in [-0.05, 0) is 12.1 Å². The van der Waals surface area contributed by atoms with Crippen LogP contribution >= 0.6 is 0 Å². The Morgan fingerprint density at radius 3 is 3.23 bits per heavy atom. The Balaban J connectivity index is 2.47. The Kier molecular flexibility index (Phi) is 2.15. The Morgan fingerprint density at radius 2 is 2.38 bits per heavy atom. The fourth-order valence-electron chi connectivity index (χ4n) is 1.43. The topological polar surface area (TPSA) is 45.0 Å². The summed E-state index contributed by atoms with van der Waals surface area (Å²) >= 11 is 0. The van der Waals surface area contributed by atoms with Crippen molar-refractivity contribution in [2.75, 3.05) is 13.2 Å². The largest absolute Gasteiger partial charge is 0.492 e. The Labute approximate surface area is 76.9 Å². The van der Waals surface area contributed by atoms with E-state index in [1.54, 1.807) is 0 Å². The maximum atomic E-state index is 8.85. The minimum Gasteiger partial charge on any atom is -0.492 e. The summed E-state index contributed by atoms with van der Waals surface area (Å²) in [5, 5.41) is 12.1. The van der Waals surface area contributed by atoms with Crippen molar-refractivity contribution < 1.29 is 4.74 Å². The molecule has 1 aliphatic heterocycles. The summed E-state index contributed by atoms with van der Waals surface area (Å²) in [7, 11) is 0. The molecule has 1 heterocycles. The molecule has 66 valence electrons. The number of nitrogens with zero attached hydrogens (tertiary/aromatic N) is 1. The van der Waals surface area contributed by atoms with E-state index in [1.165, 1.54) is 0 Å². The third-order valence-electron chi connectivity index (χ3n) is 2.09. The van der Waals surface area contributed by atoms with Crippen molar-refractivity contribution in [2.45, 2.75) is 6.54 Å². The molecule has 13 heavy (non-hydrogen) atoms. The fourth-order valence-corrected chi connectivity index (χ4v) is 1.43. The third kappa shape index (κ3) is 1.49. The van der Waals surface area contributed by atoms with Gasteiger partial charge >= 0.3 is 0 Å². The molecular formula is C10H10N2O. The van der Waals surface area contributed by atoms with Crippen LogP contribution < -0.4 is 10.1 Å². The number of fused-ring (bicyclic) bond motifs is 1. The Hall–Kier alpha value is -1.53. The van der Waals surface area contributed by atoms with Crippen molar-refractivity contribution in [2.24, 2.45) is 0 Å². The van der Waals surface area contributed by atoms with E-state index in [4.69, 9.17) is 10.00 Å². The van der Waals surface area contributed by atoms with E-state index < -0.39 is 0 Å². The SMILES string of the molecule is N#Cc1cccc2c1CNCCO2. The van der Waals surface area contributed by atoms with Crippen molar-refractivity contribution in [3.8, 4) is 11.8 Å². The molecule has 0 saturated heterocycles. The summed E-state index contributed by atoms with van der Waals surface area (Å²) in [6.45, 7) is 2.22. The Bertz CT molecular complexity index is 354. The van der Waals surface area contributed by atoms with Gasteiger partial charge in [0.2, 0.25) is 0 Å². The lowest BCUT2D eigenvalue weighted by Gasteiger charge is -2.06. The summed E-state index contributed by atoms with van der Waals surface area (Å²) in [6, 6.07) is 7.73. The van der Waals surface area contributed by atoms with Gasteiger partial charge in [0.15, 0.2) is 0 Å². The molecule has 3 heteroatoms. The van der Waals surface area contributed by atoms with Crippen LogP contribution in [0, 0.1) is 11.3 Å². The van der Waals surface area contributed by atoms with Crippen LogP contribution in [0.15, 0.2) is 18.2 Å². The minimum atomic E-state index is 0.669. The first-order chi connectivity index (χ1) is 6.42. The maximum absolute atomic E-state index is 8.85. The number of benzene rings is 1. The van der Waals surface area contributed by atoms with Crippen LogP contribution in [-0.4, -0.2) is 13.2 Å². The smallest absolute Gasteiger partial charge is 0.125 e. The van der Waals surface area contributed by atoms with Crippen LogP contribution in [0.1, 0.15) is 11.1 Å². The molecule has 2 rings (SSSR count). The second kappa shape index (κ2) is 3.46. The minimum absolute atomic E-state index is 0.669. The fraction of sp³-hybridized carbons (Fsp3) is 0.300. The summed E-state index contributed by atoms with van der Waals surface area (Å²) < 4.78 is 5.48. The number of hydrogen-bond acceptors (Lipinski definition) is 3. The standard InChI is InChI=1S/C10H10N2O/c11-6-8-2-1-3-10-9(8)7-12-4-5-13-10/h1-3,12H,4-5,7H2. The lowest BCUT2D eigenvalue weighted by Crippen LogP contribution is -2.16. The first-order valence-electron chi connectivity index (χ1n) is 4.27. The van der Waals surface area contributed by atoms with Crippen molar-refractivity contribution in [1.29, 1.82) is 5.26 Å². The zero-order valence-electron chi connectivity index (χ0n) is 7.21. The molecule has 3 nitrogen and oxygen atoms in total. The molecule has 0 bridgehead atoms. The van der Waals surface area contributed by atoms with Gasteiger partial charge in [0, 0.05) is 18.7 Å². The van der Waals surface area contributed by atoms with Crippen LogP contribution in [0.2, 0.25) is 0 Å². The zero-order chi connectivity index (χ0) is 9.10. The first-order valence-corrected chi connectivity index (χ1v) is 4.27. The van der Waals surface area contributed by atoms with Crippen LogP contribution in [0.4, 0.5) is 0 Å². The number of rotatable bonds is 0. The maximum Gasteiger partial charge on any atom is 0.125 e. The molecule has 1 aromatic rings. The normalized spacial score (nSPS) is 15.0. The summed E-state index contributed by atoms with van der Waals surface area (Å²) in [5.74, 6) is 0.837. The van der Waals surface area contributed by atoms with Crippen molar-refractivity contribution >= 4 is 0 Å². The zero-order valence-corrected chi connectivity index (χ0v) is 7.21. The van der Waals surface area contributed by atoms with Gasteiger partial charge in [0.1, 0.15) is 12.4 Å². The van der Waals surface area contributed by atoms with E-state index in [1.807, 2.05) is 18.2 Å². The summed E-state index contributed by atoms with van der Waals surface area (Å²) in [5.41, 5.74) is 1.68. The Morgan fingerprint density at radius 1 is 1.46 bits per heavy atom. The lowest BCUT2D eigenvalue weighted by molar-refractivity contribution is 0.325. The molecule has 0 aliphatic carbocycles. The van der Waals surface area contributed by atoms with E-state index in [9.17, 15) is 0 Å². The second-order valence-corrected chi connectivity index (χ2v) is 2.92. The molecule has 0 radical (unpaired) electrons. The van der Waals surface area contributed by atoms with Gasteiger partial charge in [0.05, 0.1) is 11.6 Å². The number of nitrogens with one attached hydrogen (secondary N) is 1. The highest BCUT2D eigenvalue weighted by molar-refractivity contribution is 5.46. The molecule has 0 saturated carbocycles. The molecule has 0 spiro atoms. The highest BCUT2D eigenvalue weighted by atomic mass is 16.5. The van der Waals surface area contributed by atoms with E-state index in [0.29, 0.717) is 12.2 Å². The predicted molar refractivity (Wildman–Crippen MR) is 48.4 cm³/mol. The summed E-state index contributed by atoms with van der Waals surface area (Å²) in [4.78, 5) is 0. The van der Waals surface area contributed by atoms with E-state index in [0.717, 1.165) is 24.4 Å². The van der Waals surface area contributed by atoms with Gasteiger partial charge in [-0.2, -0.15) is 5.26 Å². The van der Waals surface area contributed by atoms with E-state index in [2.05, 4.69) is 11.4 Å². The van der Waals surface area contributed by atoms with E-state index in [-0.39, 0.29) is 0 Å². The van der Waals surface area contributed by atoms with Crippen LogP contribution in [0.5, 0.6) is 5.75 Å². The monoisotopic (exact) mass is 174 g/mol. The molecule has 0 amide bonds. The van der Waals surface area contributed by atoms with Crippen molar-refractivity contribution in [3.05, 3.63) is 29.3 Å².